The van der Waals surface area contributed by atoms with Gasteiger partial charge in [-0.1, -0.05) is 6.07 Å². The van der Waals surface area contributed by atoms with Gasteiger partial charge in [0.1, 0.15) is 6.10 Å². The number of aromatic nitrogens is 1. The topological polar surface area (TPSA) is 67.6 Å². The standard InChI is InChI=1S/C17H21N3O3/c1-20-7-4-15(5-8-20)23-17(21)19-11-13-2-3-16(18-10-13)14-6-9-22-12-14/h2-3,6,9-10,12,15H,4-5,7-8,11H2,1H3,(H,19,21). The van der Waals surface area contributed by atoms with Gasteiger partial charge in [-0.15, -0.1) is 0 Å². The molecule has 0 aromatic carbocycles. The van der Waals surface area contributed by atoms with Crippen LogP contribution < -0.4 is 5.32 Å². The number of nitrogens with zero attached hydrogens (tertiary/aromatic N) is 2. The second-order valence-corrected chi connectivity index (χ2v) is 5.83. The van der Waals surface area contributed by atoms with E-state index in [1.165, 1.54) is 0 Å². The van der Waals surface area contributed by atoms with Crippen molar-refractivity contribution in [2.45, 2.75) is 25.5 Å². The smallest absolute Gasteiger partial charge is 0.407 e. The Kier molecular flexibility index (Phi) is 4.92. The summed E-state index contributed by atoms with van der Waals surface area (Å²) in [6, 6.07) is 5.70. The van der Waals surface area contributed by atoms with Crippen LogP contribution in [0.25, 0.3) is 11.3 Å². The third-order valence-corrected chi connectivity index (χ3v) is 4.02. The molecule has 1 saturated heterocycles. The van der Waals surface area contributed by atoms with Crippen LogP contribution in [0, 0.1) is 0 Å². The van der Waals surface area contributed by atoms with Gasteiger partial charge in [0, 0.05) is 31.4 Å². The predicted octanol–water partition coefficient (Wildman–Crippen LogP) is 2.66. The Hall–Kier alpha value is -2.34. The molecule has 1 fully saturated rings. The number of hydrogen-bond acceptors (Lipinski definition) is 5. The molecule has 6 nitrogen and oxygen atoms in total. The molecule has 122 valence electrons. The van der Waals surface area contributed by atoms with Gasteiger partial charge in [0.25, 0.3) is 0 Å². The number of carbonyl (C=O) groups excluding carboxylic acids is 1. The number of rotatable bonds is 4. The van der Waals surface area contributed by atoms with Crippen LogP contribution in [0.15, 0.2) is 41.3 Å². The lowest BCUT2D eigenvalue weighted by molar-refractivity contribution is 0.0569. The lowest BCUT2D eigenvalue weighted by Gasteiger charge is -2.28. The number of carbonyl (C=O) groups is 1. The zero-order valence-corrected chi connectivity index (χ0v) is 13.2. The third kappa shape index (κ3) is 4.32. The molecule has 1 N–H and O–H groups in total. The van der Waals surface area contributed by atoms with E-state index in [9.17, 15) is 4.79 Å². The molecule has 6 heteroatoms. The third-order valence-electron chi connectivity index (χ3n) is 4.02. The van der Waals surface area contributed by atoms with Crippen molar-refractivity contribution < 1.29 is 13.9 Å². The first-order valence-electron chi connectivity index (χ1n) is 7.81. The van der Waals surface area contributed by atoms with Gasteiger partial charge >= 0.3 is 6.09 Å². The van der Waals surface area contributed by atoms with Crippen LogP contribution in [0.3, 0.4) is 0 Å². The SMILES string of the molecule is CN1CCC(OC(=O)NCc2ccc(-c3ccoc3)nc2)CC1. The molecule has 0 radical (unpaired) electrons. The highest BCUT2D eigenvalue weighted by molar-refractivity contribution is 5.67. The zero-order chi connectivity index (χ0) is 16.1. The highest BCUT2D eigenvalue weighted by atomic mass is 16.6. The van der Waals surface area contributed by atoms with E-state index in [1.807, 2.05) is 18.2 Å². The fourth-order valence-corrected chi connectivity index (χ4v) is 2.58. The Morgan fingerprint density at radius 2 is 2.22 bits per heavy atom. The summed E-state index contributed by atoms with van der Waals surface area (Å²) in [5.41, 5.74) is 2.71. The highest BCUT2D eigenvalue weighted by Crippen LogP contribution is 2.17. The average molecular weight is 315 g/mol. The van der Waals surface area contributed by atoms with E-state index in [0.29, 0.717) is 6.54 Å². The molecule has 0 aliphatic carbocycles. The van der Waals surface area contributed by atoms with Gasteiger partial charge in [0.05, 0.1) is 18.2 Å². The molecule has 2 aromatic heterocycles. The van der Waals surface area contributed by atoms with Gasteiger partial charge in [0.2, 0.25) is 0 Å². The van der Waals surface area contributed by atoms with Crippen molar-refractivity contribution in [2.24, 2.45) is 0 Å². The van der Waals surface area contributed by atoms with Gasteiger partial charge in [0.15, 0.2) is 0 Å². The van der Waals surface area contributed by atoms with E-state index < -0.39 is 0 Å². The molecule has 0 bridgehead atoms. The molecule has 0 unspecified atom stereocenters. The average Bonchev–Trinajstić information content (AvgIpc) is 3.10. The number of pyridine rings is 1. The first-order chi connectivity index (χ1) is 11.2. The summed E-state index contributed by atoms with van der Waals surface area (Å²) in [7, 11) is 2.08. The second kappa shape index (κ2) is 7.28. The van der Waals surface area contributed by atoms with E-state index in [0.717, 1.165) is 42.8 Å². The lowest BCUT2D eigenvalue weighted by Crippen LogP contribution is -2.37. The van der Waals surface area contributed by atoms with E-state index in [4.69, 9.17) is 9.15 Å². The van der Waals surface area contributed by atoms with Crippen LogP contribution in [-0.2, 0) is 11.3 Å². The van der Waals surface area contributed by atoms with Crippen LogP contribution in [0.5, 0.6) is 0 Å². The van der Waals surface area contributed by atoms with Crippen LogP contribution >= 0.6 is 0 Å². The number of piperidine rings is 1. The number of hydrogen-bond donors (Lipinski definition) is 1. The molecule has 2 aromatic rings. The summed E-state index contributed by atoms with van der Waals surface area (Å²) in [4.78, 5) is 18.4. The first-order valence-corrected chi connectivity index (χ1v) is 7.81. The number of furan rings is 1. The number of likely N-dealkylation sites (tertiary alicyclic amines) is 1. The van der Waals surface area contributed by atoms with Gasteiger partial charge in [-0.3, -0.25) is 4.98 Å². The van der Waals surface area contributed by atoms with Crippen molar-refractivity contribution in [1.29, 1.82) is 0 Å². The van der Waals surface area contributed by atoms with Gasteiger partial charge in [-0.25, -0.2) is 4.79 Å². The van der Waals surface area contributed by atoms with E-state index in [2.05, 4.69) is 22.2 Å². The number of amides is 1. The first kappa shape index (κ1) is 15.6. The van der Waals surface area contributed by atoms with Gasteiger partial charge in [-0.2, -0.15) is 0 Å². The zero-order valence-electron chi connectivity index (χ0n) is 13.2. The fourth-order valence-electron chi connectivity index (χ4n) is 2.58. The number of alkyl carbamates (subject to hydrolysis) is 1. The molecule has 0 atom stereocenters. The molecule has 0 saturated carbocycles. The van der Waals surface area contributed by atoms with Gasteiger partial charge < -0.3 is 19.4 Å². The van der Waals surface area contributed by atoms with Crippen molar-refractivity contribution in [2.75, 3.05) is 20.1 Å². The molecule has 0 spiro atoms. The fraction of sp³-hybridized carbons (Fsp3) is 0.412. The normalized spacial score (nSPS) is 16.2. The maximum absolute atomic E-state index is 11.8. The Morgan fingerprint density at radius 1 is 1.39 bits per heavy atom. The van der Waals surface area contributed by atoms with Crippen LogP contribution in [-0.4, -0.2) is 42.2 Å². The predicted molar refractivity (Wildman–Crippen MR) is 85.8 cm³/mol. The Balaban J connectivity index is 1.45. The lowest BCUT2D eigenvalue weighted by atomic mass is 10.1. The van der Waals surface area contributed by atoms with E-state index in [1.54, 1.807) is 18.7 Å². The van der Waals surface area contributed by atoms with Crippen molar-refractivity contribution >= 4 is 6.09 Å². The number of nitrogens with one attached hydrogen (secondary N) is 1. The summed E-state index contributed by atoms with van der Waals surface area (Å²) in [6.45, 7) is 2.35. The van der Waals surface area contributed by atoms with Crippen LogP contribution in [0.1, 0.15) is 18.4 Å². The maximum Gasteiger partial charge on any atom is 0.407 e. The Morgan fingerprint density at radius 3 is 2.87 bits per heavy atom. The number of ether oxygens (including phenoxy) is 1. The highest BCUT2D eigenvalue weighted by Gasteiger charge is 2.20. The molecule has 3 heterocycles. The van der Waals surface area contributed by atoms with Crippen molar-refractivity contribution in [3.63, 3.8) is 0 Å². The maximum atomic E-state index is 11.8. The van der Waals surface area contributed by atoms with Crippen molar-refractivity contribution in [1.82, 2.24) is 15.2 Å². The second-order valence-electron chi connectivity index (χ2n) is 5.83. The summed E-state index contributed by atoms with van der Waals surface area (Å²) in [6.07, 6.45) is 6.46. The quantitative estimate of drug-likeness (QED) is 0.939. The van der Waals surface area contributed by atoms with Crippen molar-refractivity contribution in [3.8, 4) is 11.3 Å². The molecule has 1 aliphatic rings. The summed E-state index contributed by atoms with van der Waals surface area (Å²) < 4.78 is 10.5. The van der Waals surface area contributed by atoms with E-state index in [-0.39, 0.29) is 12.2 Å². The summed E-state index contributed by atoms with van der Waals surface area (Å²) >= 11 is 0. The Labute approximate surface area is 135 Å². The molecule has 1 amide bonds. The minimum absolute atomic E-state index is 0.0211. The minimum atomic E-state index is -0.363. The van der Waals surface area contributed by atoms with Crippen molar-refractivity contribution in [3.05, 3.63) is 42.5 Å². The van der Waals surface area contributed by atoms with Crippen LogP contribution in [0.2, 0.25) is 0 Å². The van der Waals surface area contributed by atoms with Gasteiger partial charge in [-0.05, 0) is 37.6 Å². The van der Waals surface area contributed by atoms with Crippen LogP contribution in [0.4, 0.5) is 4.79 Å². The molecule has 3 rings (SSSR count). The monoisotopic (exact) mass is 315 g/mol. The molecular formula is C17H21N3O3. The summed E-state index contributed by atoms with van der Waals surface area (Å²) in [5, 5.41) is 2.78. The minimum Gasteiger partial charge on any atom is -0.472 e. The molecular weight excluding hydrogens is 294 g/mol. The largest absolute Gasteiger partial charge is 0.472 e. The molecule has 1 aliphatic heterocycles. The van der Waals surface area contributed by atoms with E-state index >= 15 is 0 Å². The Bertz CT molecular complexity index is 617. The summed E-state index contributed by atoms with van der Waals surface area (Å²) in [5.74, 6) is 0. The molecule has 23 heavy (non-hydrogen) atoms.